The first-order valence-electron chi connectivity index (χ1n) is 5.51. The van der Waals surface area contributed by atoms with Crippen LogP contribution >= 0.6 is 0 Å². The van der Waals surface area contributed by atoms with Crippen LogP contribution in [-0.2, 0) is 4.79 Å². The fourth-order valence-electron chi connectivity index (χ4n) is 1.46. The van der Waals surface area contributed by atoms with Crippen LogP contribution in [0.15, 0.2) is 18.2 Å². The van der Waals surface area contributed by atoms with Gasteiger partial charge < -0.3 is 10.6 Å². The molecule has 0 aliphatic heterocycles. The van der Waals surface area contributed by atoms with E-state index >= 15 is 0 Å². The summed E-state index contributed by atoms with van der Waals surface area (Å²) in [6, 6.07) is 3.99. The second-order valence-electron chi connectivity index (χ2n) is 3.94. The molecule has 0 aliphatic rings. The molecule has 0 heterocycles. The molecule has 0 spiro atoms. The maximum Gasteiger partial charge on any atom is 0.383 e. The first kappa shape index (κ1) is 15.9. The minimum atomic E-state index is -4.80. The Hall–Kier alpha value is -2.12. The van der Waals surface area contributed by atoms with Gasteiger partial charge in [0.1, 0.15) is 0 Å². The minimum absolute atomic E-state index is 0.128. The Morgan fingerprint density at radius 1 is 1.25 bits per heavy atom. The molecule has 1 aromatic carbocycles. The van der Waals surface area contributed by atoms with E-state index < -0.39 is 24.2 Å². The molecule has 0 fully saturated rings. The van der Waals surface area contributed by atoms with Gasteiger partial charge in [0.2, 0.25) is 0 Å². The van der Waals surface area contributed by atoms with Crippen molar-refractivity contribution in [1.29, 1.82) is 0 Å². The van der Waals surface area contributed by atoms with E-state index in [0.717, 1.165) is 0 Å². The second-order valence-corrected chi connectivity index (χ2v) is 3.94. The molecule has 0 bridgehead atoms. The Kier molecular flexibility index (Phi) is 4.69. The summed E-state index contributed by atoms with van der Waals surface area (Å²) in [6.07, 6.45) is -4.11. The van der Waals surface area contributed by atoms with E-state index in [2.05, 4.69) is 5.32 Å². The Labute approximate surface area is 112 Å². The Morgan fingerprint density at radius 3 is 2.35 bits per heavy atom. The lowest BCUT2D eigenvalue weighted by Gasteiger charge is -2.17. The van der Waals surface area contributed by atoms with Crippen LogP contribution in [0.1, 0.15) is 15.9 Å². The van der Waals surface area contributed by atoms with Crippen LogP contribution in [0.3, 0.4) is 0 Å². The first-order chi connectivity index (χ1) is 9.21. The number of carbonyl (C=O) groups excluding carboxylic acids is 2. The molecule has 20 heavy (non-hydrogen) atoms. The Bertz CT molecular complexity index is 532. The van der Waals surface area contributed by atoms with Crippen molar-refractivity contribution in [2.24, 2.45) is 0 Å². The van der Waals surface area contributed by atoms with E-state index in [4.69, 9.17) is 0 Å². The highest BCUT2D eigenvalue weighted by Crippen LogP contribution is 2.26. The average molecular weight is 292 g/mol. The summed E-state index contributed by atoms with van der Waals surface area (Å²) < 4.78 is 49.8. The first-order valence-corrected chi connectivity index (χ1v) is 5.51. The fourth-order valence-corrected chi connectivity index (χ4v) is 1.46. The number of amides is 2. The van der Waals surface area contributed by atoms with Gasteiger partial charge in [-0.2, -0.15) is 8.78 Å². The van der Waals surface area contributed by atoms with Crippen molar-refractivity contribution in [3.8, 4) is 0 Å². The number of nitrogens with one attached hydrogen (secondary N) is 2. The van der Waals surface area contributed by atoms with Crippen molar-refractivity contribution in [2.75, 3.05) is 12.4 Å². The van der Waals surface area contributed by atoms with E-state index in [1.807, 2.05) is 0 Å². The smallest absolute Gasteiger partial charge is 0.355 e. The van der Waals surface area contributed by atoms with Gasteiger partial charge >= 0.3 is 18.3 Å². The third-order valence-electron chi connectivity index (χ3n) is 2.63. The van der Waals surface area contributed by atoms with Crippen LogP contribution in [0.4, 0.5) is 23.2 Å². The number of benzene rings is 1. The summed E-state index contributed by atoms with van der Waals surface area (Å²) >= 11 is 0. The number of hydrogen-bond donors (Lipinski definition) is 2. The number of carbonyl (C=O) groups is 2. The minimum Gasteiger partial charge on any atom is -0.355 e. The molecule has 4 nitrogen and oxygen atoms in total. The van der Waals surface area contributed by atoms with Crippen molar-refractivity contribution in [1.82, 2.24) is 5.32 Å². The molecule has 0 atom stereocenters. The lowest BCUT2D eigenvalue weighted by atomic mass is 10.1. The average Bonchev–Trinajstić information content (AvgIpc) is 2.39. The maximum atomic E-state index is 12.8. The van der Waals surface area contributed by atoms with Crippen LogP contribution in [0.2, 0.25) is 0 Å². The van der Waals surface area contributed by atoms with Crippen molar-refractivity contribution in [3.63, 3.8) is 0 Å². The number of rotatable bonds is 4. The largest absolute Gasteiger partial charge is 0.383 e. The molecule has 2 amide bonds. The molecule has 1 rings (SSSR count). The van der Waals surface area contributed by atoms with E-state index in [-0.39, 0.29) is 16.8 Å². The van der Waals surface area contributed by atoms with E-state index in [1.54, 1.807) is 5.32 Å². The quantitative estimate of drug-likeness (QED) is 0.836. The van der Waals surface area contributed by atoms with E-state index in [9.17, 15) is 27.2 Å². The van der Waals surface area contributed by atoms with Crippen molar-refractivity contribution in [3.05, 3.63) is 29.3 Å². The number of alkyl halides is 4. The molecule has 8 heteroatoms. The molecular formula is C12H12F4N2O2. The lowest BCUT2D eigenvalue weighted by Crippen LogP contribution is -2.41. The topological polar surface area (TPSA) is 58.2 Å². The highest BCUT2D eigenvalue weighted by Gasteiger charge is 2.49. The van der Waals surface area contributed by atoms with Crippen molar-refractivity contribution >= 4 is 17.5 Å². The Balaban J connectivity index is 3.06. The highest BCUT2D eigenvalue weighted by molar-refractivity contribution is 6.01. The molecule has 1 aromatic rings. The zero-order valence-corrected chi connectivity index (χ0v) is 10.6. The van der Waals surface area contributed by atoms with E-state index in [0.29, 0.717) is 0 Å². The Morgan fingerprint density at radius 2 is 1.85 bits per heavy atom. The van der Waals surface area contributed by atoms with Crippen molar-refractivity contribution < 1.29 is 27.2 Å². The van der Waals surface area contributed by atoms with Gasteiger partial charge in [-0.25, -0.2) is 8.78 Å². The zero-order valence-electron chi connectivity index (χ0n) is 10.6. The highest BCUT2D eigenvalue weighted by atomic mass is 19.3. The number of anilines is 1. The summed E-state index contributed by atoms with van der Waals surface area (Å²) in [5.41, 5.74) is 0.215. The predicted octanol–water partition coefficient (Wildman–Crippen LogP) is 2.19. The second kappa shape index (κ2) is 5.89. The third kappa shape index (κ3) is 3.06. The monoisotopic (exact) mass is 292 g/mol. The predicted molar refractivity (Wildman–Crippen MR) is 64.1 cm³/mol. The summed E-state index contributed by atoms with van der Waals surface area (Å²) in [5.74, 6) is -7.40. The molecule has 2 N–H and O–H groups in total. The van der Waals surface area contributed by atoms with Gasteiger partial charge in [-0.15, -0.1) is 0 Å². The van der Waals surface area contributed by atoms with Crippen LogP contribution in [-0.4, -0.2) is 31.2 Å². The van der Waals surface area contributed by atoms with Crippen LogP contribution in [0, 0.1) is 6.92 Å². The molecule has 0 saturated carbocycles. The summed E-state index contributed by atoms with van der Waals surface area (Å²) in [5, 5.41) is 4.03. The SMILES string of the molecule is CNC(=O)c1cccc(NC(=O)C(F)(F)C(F)F)c1C. The maximum absolute atomic E-state index is 12.8. The standard InChI is InChI=1S/C12H12F4N2O2/c1-6-7(9(19)17-2)4-3-5-8(6)18-11(20)12(15,16)10(13)14/h3-5,10H,1-2H3,(H,17,19)(H,18,20). The van der Waals surface area contributed by atoms with Crippen LogP contribution in [0.25, 0.3) is 0 Å². The molecule has 0 aliphatic carbocycles. The molecule has 110 valence electrons. The number of hydrogen-bond acceptors (Lipinski definition) is 2. The van der Waals surface area contributed by atoms with Gasteiger partial charge in [0.05, 0.1) is 0 Å². The third-order valence-corrected chi connectivity index (χ3v) is 2.63. The van der Waals surface area contributed by atoms with Gasteiger partial charge in [0, 0.05) is 18.3 Å². The summed E-state index contributed by atoms with van der Waals surface area (Å²) in [6.45, 7) is 1.40. The van der Waals surface area contributed by atoms with Gasteiger partial charge in [0.15, 0.2) is 0 Å². The molecule has 0 unspecified atom stereocenters. The van der Waals surface area contributed by atoms with Gasteiger partial charge in [-0.05, 0) is 24.6 Å². The van der Waals surface area contributed by atoms with Gasteiger partial charge in [-0.1, -0.05) is 6.07 Å². The normalized spacial score (nSPS) is 11.3. The molecular weight excluding hydrogens is 280 g/mol. The van der Waals surface area contributed by atoms with Crippen LogP contribution in [0.5, 0.6) is 0 Å². The number of halogens is 4. The summed E-state index contributed by atoms with van der Waals surface area (Å²) in [4.78, 5) is 22.6. The van der Waals surface area contributed by atoms with Gasteiger partial charge in [0.25, 0.3) is 5.91 Å². The van der Waals surface area contributed by atoms with Crippen molar-refractivity contribution in [2.45, 2.75) is 19.3 Å². The summed E-state index contributed by atoms with van der Waals surface area (Å²) in [7, 11) is 1.37. The zero-order chi connectivity index (χ0) is 15.5. The molecule has 0 saturated heterocycles. The van der Waals surface area contributed by atoms with Crippen LogP contribution < -0.4 is 10.6 Å². The molecule has 0 aromatic heterocycles. The lowest BCUT2D eigenvalue weighted by molar-refractivity contribution is -0.163. The van der Waals surface area contributed by atoms with Gasteiger partial charge in [-0.3, -0.25) is 9.59 Å². The molecule has 0 radical (unpaired) electrons. The van der Waals surface area contributed by atoms with E-state index in [1.165, 1.54) is 32.2 Å². The fraction of sp³-hybridized carbons (Fsp3) is 0.333.